The molecule has 20 heavy (non-hydrogen) atoms. The zero-order chi connectivity index (χ0) is 14.8. The van der Waals surface area contributed by atoms with E-state index in [4.69, 9.17) is 0 Å². The van der Waals surface area contributed by atoms with Gasteiger partial charge in [0.25, 0.3) is 5.69 Å². The van der Waals surface area contributed by atoms with Gasteiger partial charge in [0.1, 0.15) is 0 Å². The zero-order valence-corrected chi connectivity index (χ0v) is 10.5. The van der Waals surface area contributed by atoms with Crippen molar-refractivity contribution < 1.29 is 22.8 Å². The number of hydrogen-bond donors (Lipinski definition) is 0. The van der Waals surface area contributed by atoms with E-state index in [1.54, 1.807) is 12.1 Å². The van der Waals surface area contributed by atoms with Gasteiger partial charge in [-0.25, -0.2) is 0 Å². The Kier molecular flexibility index (Phi) is 4.12. The quantitative estimate of drug-likeness (QED) is 0.634. The van der Waals surface area contributed by atoms with Crippen LogP contribution in [0, 0.1) is 10.1 Å². The van der Waals surface area contributed by atoms with Crippen molar-refractivity contribution >= 4 is 11.4 Å². The van der Waals surface area contributed by atoms with Gasteiger partial charge in [-0.3, -0.25) is 14.9 Å². The molecule has 1 aromatic carbocycles. The van der Waals surface area contributed by atoms with E-state index in [9.17, 15) is 23.3 Å². The van der Waals surface area contributed by atoms with Gasteiger partial charge in [-0.05, 0) is 25.0 Å². The van der Waals surface area contributed by atoms with Gasteiger partial charge in [0.15, 0.2) is 0 Å². The fourth-order valence-electron chi connectivity index (χ4n) is 2.21. The van der Waals surface area contributed by atoms with Crippen molar-refractivity contribution in [3.8, 4) is 0 Å². The third-order valence-electron chi connectivity index (χ3n) is 3.17. The largest absolute Gasteiger partial charge is 0.522 e. The second kappa shape index (κ2) is 5.66. The molecular formula is C12H13F3N2O3. The number of nitrogens with zero attached hydrogens (tertiary/aromatic N) is 2. The summed E-state index contributed by atoms with van der Waals surface area (Å²) in [7, 11) is 0. The lowest BCUT2D eigenvalue weighted by Gasteiger charge is -2.33. The van der Waals surface area contributed by atoms with Crippen LogP contribution in [-0.2, 0) is 4.74 Å². The fourth-order valence-corrected chi connectivity index (χ4v) is 2.21. The van der Waals surface area contributed by atoms with E-state index in [0.717, 1.165) is 5.69 Å². The molecule has 1 aliphatic heterocycles. The van der Waals surface area contributed by atoms with Crippen LogP contribution in [0.1, 0.15) is 12.8 Å². The number of nitro groups is 1. The first-order chi connectivity index (χ1) is 9.35. The Morgan fingerprint density at radius 2 is 1.75 bits per heavy atom. The minimum Gasteiger partial charge on any atom is -0.371 e. The molecular weight excluding hydrogens is 277 g/mol. The molecule has 1 saturated heterocycles. The molecule has 0 atom stereocenters. The molecule has 0 spiro atoms. The Hall–Kier alpha value is -1.83. The highest BCUT2D eigenvalue weighted by Gasteiger charge is 2.35. The van der Waals surface area contributed by atoms with Crippen LogP contribution in [0.25, 0.3) is 0 Å². The number of halogens is 3. The number of rotatable bonds is 3. The minimum absolute atomic E-state index is 0.0101. The maximum atomic E-state index is 12.1. The number of nitro benzene ring substituents is 1. The van der Waals surface area contributed by atoms with Crippen LogP contribution in [0.3, 0.4) is 0 Å². The van der Waals surface area contributed by atoms with Gasteiger partial charge in [-0.15, -0.1) is 13.2 Å². The Morgan fingerprint density at radius 1 is 1.20 bits per heavy atom. The lowest BCUT2D eigenvalue weighted by Crippen LogP contribution is -2.39. The molecule has 0 bridgehead atoms. The molecule has 0 saturated carbocycles. The topological polar surface area (TPSA) is 55.6 Å². The van der Waals surface area contributed by atoms with Crippen molar-refractivity contribution in [2.75, 3.05) is 18.0 Å². The lowest BCUT2D eigenvalue weighted by molar-refractivity contribution is -0.384. The van der Waals surface area contributed by atoms with E-state index < -0.39 is 17.4 Å². The maximum Gasteiger partial charge on any atom is 0.522 e. The molecule has 0 N–H and O–H groups in total. The summed E-state index contributed by atoms with van der Waals surface area (Å²) in [5.74, 6) is 0. The summed E-state index contributed by atoms with van der Waals surface area (Å²) in [6, 6.07) is 5.97. The van der Waals surface area contributed by atoms with E-state index in [2.05, 4.69) is 4.74 Å². The van der Waals surface area contributed by atoms with E-state index >= 15 is 0 Å². The lowest BCUT2D eigenvalue weighted by atomic mass is 10.1. The number of alkyl halides is 3. The predicted molar refractivity (Wildman–Crippen MR) is 65.5 cm³/mol. The number of non-ortho nitro benzene ring substituents is 1. The monoisotopic (exact) mass is 290 g/mol. The average molecular weight is 290 g/mol. The van der Waals surface area contributed by atoms with Gasteiger partial charge in [0.2, 0.25) is 0 Å². The Morgan fingerprint density at radius 3 is 2.20 bits per heavy atom. The van der Waals surface area contributed by atoms with E-state index in [-0.39, 0.29) is 18.5 Å². The first kappa shape index (κ1) is 14.6. The van der Waals surface area contributed by atoms with Crippen molar-refractivity contribution in [2.24, 2.45) is 0 Å². The predicted octanol–water partition coefficient (Wildman–Crippen LogP) is 3.10. The van der Waals surface area contributed by atoms with Gasteiger partial charge in [-0.2, -0.15) is 0 Å². The summed E-state index contributed by atoms with van der Waals surface area (Å²) in [5, 5.41) is 10.5. The van der Waals surface area contributed by atoms with Crippen LogP contribution >= 0.6 is 0 Å². The highest BCUT2D eigenvalue weighted by atomic mass is 19.4. The molecule has 1 heterocycles. The van der Waals surface area contributed by atoms with Crippen molar-refractivity contribution in [1.29, 1.82) is 0 Å². The zero-order valence-electron chi connectivity index (χ0n) is 10.5. The van der Waals surface area contributed by atoms with Gasteiger partial charge < -0.3 is 4.90 Å². The van der Waals surface area contributed by atoms with E-state index in [0.29, 0.717) is 13.1 Å². The average Bonchev–Trinajstić information content (AvgIpc) is 2.38. The van der Waals surface area contributed by atoms with Crippen LogP contribution in [0.2, 0.25) is 0 Å². The highest BCUT2D eigenvalue weighted by Crippen LogP contribution is 2.27. The molecule has 0 aliphatic carbocycles. The summed E-state index contributed by atoms with van der Waals surface area (Å²) in [4.78, 5) is 11.9. The Labute approximate surface area is 113 Å². The second-order valence-electron chi connectivity index (χ2n) is 4.52. The van der Waals surface area contributed by atoms with Gasteiger partial charge in [-0.1, -0.05) is 0 Å². The Balaban J connectivity index is 1.92. The number of ether oxygens (including phenoxy) is 1. The number of anilines is 1. The third kappa shape index (κ3) is 3.83. The maximum absolute atomic E-state index is 12.1. The van der Waals surface area contributed by atoms with Gasteiger partial charge in [0, 0.05) is 30.9 Å². The molecule has 0 radical (unpaired) electrons. The third-order valence-corrected chi connectivity index (χ3v) is 3.17. The number of hydrogen-bond acceptors (Lipinski definition) is 4. The summed E-state index contributed by atoms with van der Waals surface area (Å²) in [6.07, 6.45) is -4.86. The highest BCUT2D eigenvalue weighted by molar-refractivity contribution is 5.51. The molecule has 0 amide bonds. The van der Waals surface area contributed by atoms with Crippen LogP contribution in [0.4, 0.5) is 24.5 Å². The fraction of sp³-hybridized carbons (Fsp3) is 0.500. The standard InChI is InChI=1S/C12H13F3N2O3/c13-12(14,15)20-11-5-7-16(8-6-11)9-1-3-10(4-2-9)17(18)19/h1-4,11H,5-8H2. The molecule has 110 valence electrons. The van der Waals surface area contributed by atoms with Crippen LogP contribution in [0.15, 0.2) is 24.3 Å². The normalized spacial score (nSPS) is 17.2. The van der Waals surface area contributed by atoms with Crippen molar-refractivity contribution in [3.63, 3.8) is 0 Å². The summed E-state index contributed by atoms with van der Waals surface area (Å²) in [6.45, 7) is 0.858. The summed E-state index contributed by atoms with van der Waals surface area (Å²) < 4.78 is 40.2. The molecule has 8 heteroatoms. The molecule has 1 fully saturated rings. The van der Waals surface area contributed by atoms with Crippen molar-refractivity contribution in [3.05, 3.63) is 34.4 Å². The van der Waals surface area contributed by atoms with Crippen LogP contribution in [0.5, 0.6) is 0 Å². The first-order valence-corrected chi connectivity index (χ1v) is 6.09. The van der Waals surface area contributed by atoms with Crippen molar-refractivity contribution in [2.45, 2.75) is 25.3 Å². The summed E-state index contributed by atoms with van der Waals surface area (Å²) in [5.41, 5.74) is 0.755. The molecule has 0 unspecified atom stereocenters. The van der Waals surface area contributed by atoms with Crippen LogP contribution < -0.4 is 4.90 Å². The van der Waals surface area contributed by atoms with E-state index in [1.165, 1.54) is 12.1 Å². The molecule has 1 aromatic rings. The number of piperidine rings is 1. The molecule has 0 aromatic heterocycles. The van der Waals surface area contributed by atoms with Crippen LogP contribution in [-0.4, -0.2) is 30.5 Å². The first-order valence-electron chi connectivity index (χ1n) is 6.09. The molecule has 1 aliphatic rings. The SMILES string of the molecule is O=[N+]([O-])c1ccc(N2CCC(OC(F)(F)F)CC2)cc1. The van der Waals surface area contributed by atoms with Gasteiger partial charge in [0.05, 0.1) is 11.0 Å². The van der Waals surface area contributed by atoms with E-state index in [1.807, 2.05) is 4.90 Å². The Bertz CT molecular complexity index is 468. The van der Waals surface area contributed by atoms with Crippen molar-refractivity contribution in [1.82, 2.24) is 0 Å². The number of benzene rings is 1. The second-order valence-corrected chi connectivity index (χ2v) is 4.52. The minimum atomic E-state index is -4.60. The molecule has 5 nitrogen and oxygen atoms in total. The van der Waals surface area contributed by atoms with Gasteiger partial charge >= 0.3 is 6.36 Å². The smallest absolute Gasteiger partial charge is 0.371 e. The summed E-state index contributed by atoms with van der Waals surface area (Å²) >= 11 is 0. The molecule has 2 rings (SSSR count).